The van der Waals surface area contributed by atoms with E-state index in [0.717, 1.165) is 19.3 Å². The van der Waals surface area contributed by atoms with E-state index >= 15 is 0 Å². The van der Waals surface area contributed by atoms with E-state index in [2.05, 4.69) is 170 Å². The monoisotopic (exact) mass is 636 g/mol. The molecule has 0 N–H and O–H groups in total. The van der Waals surface area contributed by atoms with Gasteiger partial charge < -0.3 is 0 Å². The van der Waals surface area contributed by atoms with Crippen LogP contribution in [0.1, 0.15) is 35.1 Å². The molecule has 2 aliphatic carbocycles. The first-order chi connectivity index (χ1) is 24.8. The van der Waals surface area contributed by atoms with Gasteiger partial charge in [-0.2, -0.15) is 0 Å². The molecule has 0 aliphatic heterocycles. The molecule has 236 valence electrons. The van der Waals surface area contributed by atoms with Gasteiger partial charge >= 0.3 is 0 Å². The van der Waals surface area contributed by atoms with E-state index in [1.807, 2.05) is 0 Å². The van der Waals surface area contributed by atoms with Crippen LogP contribution in [0.25, 0.3) is 89.0 Å². The van der Waals surface area contributed by atoms with E-state index in [1.54, 1.807) is 11.1 Å². The number of hydrogen-bond acceptors (Lipinski definition) is 0. The normalized spacial score (nSPS) is 13.5. The van der Waals surface area contributed by atoms with Crippen LogP contribution in [0.4, 0.5) is 0 Å². The summed E-state index contributed by atoms with van der Waals surface area (Å²) in [5, 5.41) is 7.69. The first-order valence-electron chi connectivity index (χ1n) is 17.9. The average molecular weight is 637 g/mol. The highest BCUT2D eigenvalue weighted by Gasteiger charge is 2.19. The predicted octanol–water partition coefficient (Wildman–Crippen LogP) is 13.7. The topological polar surface area (TPSA) is 0 Å². The first kappa shape index (κ1) is 29.0. The van der Waals surface area contributed by atoms with Crippen LogP contribution in [-0.4, -0.2) is 0 Å². The molecule has 0 aromatic heterocycles. The van der Waals surface area contributed by atoms with Gasteiger partial charge in [-0.25, -0.2) is 0 Å². The van der Waals surface area contributed by atoms with Crippen LogP contribution in [0.2, 0.25) is 0 Å². The molecule has 10 rings (SSSR count). The molecule has 0 radical (unpaired) electrons. The highest BCUT2D eigenvalue weighted by molar-refractivity contribution is 6.13. The summed E-state index contributed by atoms with van der Waals surface area (Å²) >= 11 is 0. The van der Waals surface area contributed by atoms with Gasteiger partial charge in [-0.3, -0.25) is 0 Å². The minimum absolute atomic E-state index is 1.14. The molecule has 0 spiro atoms. The van der Waals surface area contributed by atoms with Crippen molar-refractivity contribution in [2.45, 2.75) is 25.7 Å². The van der Waals surface area contributed by atoms with Crippen molar-refractivity contribution in [1.29, 1.82) is 0 Å². The van der Waals surface area contributed by atoms with Crippen LogP contribution in [0, 0.1) is 0 Å². The molecule has 0 heterocycles. The predicted molar refractivity (Wildman–Crippen MR) is 215 cm³/mol. The Hall–Kier alpha value is -5.98. The second-order valence-electron chi connectivity index (χ2n) is 13.9. The van der Waals surface area contributed by atoms with Gasteiger partial charge in [0.15, 0.2) is 0 Å². The van der Waals surface area contributed by atoms with Gasteiger partial charge in [0, 0.05) is 0 Å². The zero-order valence-electron chi connectivity index (χ0n) is 28.0. The average Bonchev–Trinajstić information content (AvgIpc) is 3.20. The zero-order valence-corrected chi connectivity index (χ0v) is 28.0. The van der Waals surface area contributed by atoms with Crippen LogP contribution < -0.4 is 0 Å². The lowest BCUT2D eigenvalue weighted by molar-refractivity contribution is 0.906. The molecule has 0 nitrogen and oxygen atoms in total. The number of hydrogen-bond donors (Lipinski definition) is 0. The Morgan fingerprint density at radius 3 is 1.58 bits per heavy atom. The molecule has 0 saturated heterocycles. The van der Waals surface area contributed by atoms with E-state index in [9.17, 15) is 0 Å². The van der Waals surface area contributed by atoms with Crippen molar-refractivity contribution in [2.75, 3.05) is 0 Å². The van der Waals surface area contributed by atoms with Gasteiger partial charge in [0.2, 0.25) is 0 Å². The third kappa shape index (κ3) is 4.91. The van der Waals surface area contributed by atoms with Crippen LogP contribution in [-0.2, 0) is 12.8 Å². The van der Waals surface area contributed by atoms with Gasteiger partial charge in [-0.05, 0) is 149 Å². The van der Waals surface area contributed by atoms with Crippen LogP contribution in [0.5, 0.6) is 0 Å². The Morgan fingerprint density at radius 2 is 0.880 bits per heavy atom. The lowest BCUT2D eigenvalue weighted by Gasteiger charge is -2.23. The third-order valence-electron chi connectivity index (χ3n) is 11.0. The number of allylic oxidation sites excluding steroid dienone is 2. The number of fused-ring (bicyclic) bond motifs is 7. The van der Waals surface area contributed by atoms with Crippen molar-refractivity contribution in [3.8, 4) is 44.5 Å². The van der Waals surface area contributed by atoms with Crippen LogP contribution in [0.3, 0.4) is 0 Å². The maximum absolute atomic E-state index is 2.42. The Kier molecular flexibility index (Phi) is 6.88. The number of rotatable bonds is 4. The van der Waals surface area contributed by atoms with Gasteiger partial charge in [0.25, 0.3) is 0 Å². The Balaban J connectivity index is 0.939. The Bertz CT molecular complexity index is 2670. The van der Waals surface area contributed by atoms with Crippen molar-refractivity contribution in [1.82, 2.24) is 0 Å². The Morgan fingerprint density at radius 1 is 0.340 bits per heavy atom. The van der Waals surface area contributed by atoms with E-state index in [-0.39, 0.29) is 0 Å². The molecule has 0 heteroatoms. The van der Waals surface area contributed by atoms with Gasteiger partial charge in [-0.1, -0.05) is 146 Å². The SMILES string of the molecule is C1=Cc2cc(-c3ccc(-c4ccc5cc(-c6ccc(-c7cc8ccccc8c8ccccc78)cc6)ccc5c4)cc3)c3c(c2CC1)CCC=C3. The largest absolute Gasteiger partial charge is 0.0836 e. The Labute approximate surface area is 293 Å². The van der Waals surface area contributed by atoms with Crippen molar-refractivity contribution in [2.24, 2.45) is 0 Å². The standard InChI is InChI=1S/C50H36/c1-3-11-43-41(9-1)31-49(47-15-7-5-13-45(43)47)35-21-17-33(18-22-35)37-25-27-40-30-38(26-28-39(40)29-37)34-19-23-36(24-20-34)50-32-42-10-2-4-12-44(42)46-14-6-8-16-48(46)50/h1-3,5,7-11,13,15-32H,4,6,12,14H2. The summed E-state index contributed by atoms with van der Waals surface area (Å²) in [5.41, 5.74) is 16.1. The quantitative estimate of drug-likeness (QED) is 0.169. The van der Waals surface area contributed by atoms with E-state index < -0.39 is 0 Å². The zero-order chi connectivity index (χ0) is 33.0. The summed E-state index contributed by atoms with van der Waals surface area (Å²) in [5.74, 6) is 0. The van der Waals surface area contributed by atoms with Crippen molar-refractivity contribution >= 4 is 44.5 Å². The fourth-order valence-electron chi connectivity index (χ4n) is 8.43. The molecule has 8 aromatic carbocycles. The van der Waals surface area contributed by atoms with E-state index in [4.69, 9.17) is 0 Å². The van der Waals surface area contributed by atoms with E-state index in [0.29, 0.717) is 0 Å². The maximum atomic E-state index is 2.42. The van der Waals surface area contributed by atoms with Crippen LogP contribution >= 0.6 is 0 Å². The molecule has 0 bridgehead atoms. The summed E-state index contributed by atoms with van der Waals surface area (Å²) in [6.07, 6.45) is 14.0. The molecular formula is C50H36. The minimum Gasteiger partial charge on any atom is -0.0836 e. The highest BCUT2D eigenvalue weighted by Crippen LogP contribution is 2.39. The summed E-state index contributed by atoms with van der Waals surface area (Å²) in [6.45, 7) is 0. The van der Waals surface area contributed by atoms with Crippen molar-refractivity contribution in [3.63, 3.8) is 0 Å². The fourth-order valence-corrected chi connectivity index (χ4v) is 8.43. The summed E-state index contributed by atoms with van der Waals surface area (Å²) < 4.78 is 0. The van der Waals surface area contributed by atoms with Crippen molar-refractivity contribution in [3.05, 3.63) is 180 Å². The second-order valence-corrected chi connectivity index (χ2v) is 13.9. The summed E-state index contributed by atoms with van der Waals surface area (Å²) in [4.78, 5) is 0. The van der Waals surface area contributed by atoms with Crippen molar-refractivity contribution < 1.29 is 0 Å². The van der Waals surface area contributed by atoms with Crippen LogP contribution in [0.15, 0.2) is 158 Å². The smallest absolute Gasteiger partial charge is 0.00990 e. The molecule has 50 heavy (non-hydrogen) atoms. The third-order valence-corrected chi connectivity index (χ3v) is 11.0. The molecule has 0 fully saturated rings. The molecule has 0 atom stereocenters. The fraction of sp³-hybridized carbons (Fsp3) is 0.0800. The molecule has 0 amide bonds. The summed E-state index contributed by atoms with van der Waals surface area (Å²) in [6, 6.07) is 54.2. The molecule has 8 aromatic rings. The minimum atomic E-state index is 1.14. The number of benzene rings is 8. The molecular weight excluding hydrogens is 601 g/mol. The molecule has 0 unspecified atom stereocenters. The lowest BCUT2D eigenvalue weighted by atomic mass is 9.81. The van der Waals surface area contributed by atoms with Gasteiger partial charge in [0.05, 0.1) is 0 Å². The molecule has 0 saturated carbocycles. The van der Waals surface area contributed by atoms with Gasteiger partial charge in [-0.15, -0.1) is 0 Å². The summed E-state index contributed by atoms with van der Waals surface area (Å²) in [7, 11) is 0. The first-order valence-corrected chi connectivity index (χ1v) is 17.9. The maximum Gasteiger partial charge on any atom is -0.00990 e. The van der Waals surface area contributed by atoms with E-state index in [1.165, 1.54) is 94.4 Å². The van der Waals surface area contributed by atoms with Gasteiger partial charge in [0.1, 0.15) is 0 Å². The highest BCUT2D eigenvalue weighted by atomic mass is 14.2. The lowest BCUT2D eigenvalue weighted by Crippen LogP contribution is -2.07. The second kappa shape index (κ2) is 11.9. The molecule has 2 aliphatic rings.